The van der Waals surface area contributed by atoms with E-state index in [0.29, 0.717) is 0 Å². The van der Waals surface area contributed by atoms with E-state index in [0.717, 1.165) is 31.4 Å². The number of unbranched alkanes of at least 4 members (excludes halogenated alkanes) is 1. The Morgan fingerprint density at radius 2 is 1.79 bits per heavy atom. The number of hydrogen-bond donors (Lipinski definition) is 1. The van der Waals surface area contributed by atoms with Crippen LogP contribution in [0.5, 0.6) is 0 Å². The molecule has 0 spiro atoms. The van der Waals surface area contributed by atoms with Crippen molar-refractivity contribution in [2.24, 2.45) is 11.7 Å². The summed E-state index contributed by atoms with van der Waals surface area (Å²) in [5.41, 5.74) is 8.19. The Morgan fingerprint density at radius 1 is 1.08 bits per heavy atom. The molecule has 1 atom stereocenters. The monoisotopic (exact) mass is 326 g/mol. The number of hydrogen-bond acceptors (Lipinski definition) is 2. The molecule has 0 radical (unpaired) electrons. The van der Waals surface area contributed by atoms with E-state index in [9.17, 15) is 4.79 Å². The Labute approximate surface area is 145 Å². The van der Waals surface area contributed by atoms with Gasteiger partial charge in [0.1, 0.15) is 0 Å². The molecule has 130 valence electrons. The highest BCUT2D eigenvalue weighted by Crippen LogP contribution is 2.34. The average molecular weight is 326 g/mol. The number of carbonyl (C=O) groups excluding carboxylic acids is 1. The predicted octanol–water partition coefficient (Wildman–Crippen LogP) is 3.95. The molecular weight excluding hydrogens is 296 g/mol. The van der Waals surface area contributed by atoms with Crippen LogP contribution in [0.4, 0.5) is 0 Å². The van der Waals surface area contributed by atoms with Crippen molar-refractivity contribution in [3.8, 4) is 0 Å². The highest BCUT2D eigenvalue weighted by molar-refractivity contribution is 5.93. The van der Waals surface area contributed by atoms with Crippen molar-refractivity contribution in [1.29, 1.82) is 0 Å². The summed E-state index contributed by atoms with van der Waals surface area (Å²) in [7, 11) is 4.20. The molecule has 0 aliphatic heterocycles. The number of fused-ring (bicyclic) bond motifs is 1. The normalized spacial score (nSPS) is 12.9. The molecule has 0 aliphatic rings. The van der Waals surface area contributed by atoms with Crippen LogP contribution in [0.2, 0.25) is 0 Å². The van der Waals surface area contributed by atoms with Crippen molar-refractivity contribution < 1.29 is 4.79 Å². The van der Waals surface area contributed by atoms with Crippen LogP contribution < -0.4 is 5.73 Å². The van der Waals surface area contributed by atoms with Gasteiger partial charge in [-0.3, -0.25) is 4.79 Å². The highest BCUT2D eigenvalue weighted by Gasteiger charge is 2.26. The minimum absolute atomic E-state index is 0.189. The number of aryl methyl sites for hydroxylation is 1. The first-order valence-electron chi connectivity index (χ1n) is 8.86. The van der Waals surface area contributed by atoms with Crippen LogP contribution in [-0.2, 0) is 11.2 Å². The van der Waals surface area contributed by atoms with Gasteiger partial charge < -0.3 is 10.6 Å². The fourth-order valence-corrected chi connectivity index (χ4v) is 3.47. The maximum atomic E-state index is 12.2. The maximum absolute atomic E-state index is 12.2. The van der Waals surface area contributed by atoms with Crippen LogP contribution in [0.1, 0.15) is 43.7 Å². The molecular formula is C21H30N2O. The fourth-order valence-electron chi connectivity index (χ4n) is 3.47. The van der Waals surface area contributed by atoms with Gasteiger partial charge in [-0.1, -0.05) is 50.2 Å². The van der Waals surface area contributed by atoms with Gasteiger partial charge in [0.05, 0.1) is 5.92 Å². The Bertz CT molecular complexity index is 691. The Morgan fingerprint density at radius 3 is 2.42 bits per heavy atom. The summed E-state index contributed by atoms with van der Waals surface area (Å²) in [5.74, 6) is -0.273. The van der Waals surface area contributed by atoms with Crippen LogP contribution in [-0.4, -0.2) is 31.4 Å². The second-order valence-corrected chi connectivity index (χ2v) is 7.24. The molecule has 0 aromatic heterocycles. The van der Waals surface area contributed by atoms with Gasteiger partial charge in [-0.2, -0.15) is 0 Å². The molecule has 2 aromatic rings. The van der Waals surface area contributed by atoms with Gasteiger partial charge in [0.25, 0.3) is 0 Å². The van der Waals surface area contributed by atoms with Crippen LogP contribution in [0.15, 0.2) is 36.4 Å². The molecule has 0 fully saturated rings. The Hall–Kier alpha value is -1.87. The van der Waals surface area contributed by atoms with Crippen LogP contribution in [0.3, 0.4) is 0 Å². The van der Waals surface area contributed by atoms with E-state index in [1.807, 2.05) is 12.1 Å². The van der Waals surface area contributed by atoms with Gasteiger partial charge in [0, 0.05) is 0 Å². The van der Waals surface area contributed by atoms with E-state index < -0.39 is 0 Å². The third-order valence-electron chi connectivity index (χ3n) is 4.65. The Balaban J connectivity index is 2.42. The molecule has 0 saturated heterocycles. The summed E-state index contributed by atoms with van der Waals surface area (Å²) in [5, 5.41) is 2.34. The van der Waals surface area contributed by atoms with Crippen molar-refractivity contribution in [2.45, 2.75) is 39.0 Å². The smallest absolute Gasteiger partial charge is 0.225 e. The molecule has 1 amide bonds. The van der Waals surface area contributed by atoms with E-state index >= 15 is 0 Å². The molecule has 24 heavy (non-hydrogen) atoms. The molecule has 3 nitrogen and oxygen atoms in total. The van der Waals surface area contributed by atoms with Gasteiger partial charge in [0.2, 0.25) is 5.91 Å². The maximum Gasteiger partial charge on any atom is 0.225 e. The number of nitrogens with zero attached hydrogens (tertiary/aromatic N) is 1. The number of carbonyl (C=O) groups is 1. The third-order valence-corrected chi connectivity index (χ3v) is 4.65. The lowest BCUT2D eigenvalue weighted by Crippen LogP contribution is -2.26. The third kappa shape index (κ3) is 4.35. The molecule has 0 heterocycles. The van der Waals surface area contributed by atoms with Crippen molar-refractivity contribution in [1.82, 2.24) is 4.90 Å². The first kappa shape index (κ1) is 18.5. The van der Waals surface area contributed by atoms with Gasteiger partial charge >= 0.3 is 0 Å². The lowest BCUT2D eigenvalue weighted by molar-refractivity contribution is -0.120. The summed E-state index contributed by atoms with van der Waals surface area (Å²) >= 11 is 0. The average Bonchev–Trinajstić information content (AvgIpc) is 2.52. The van der Waals surface area contributed by atoms with Gasteiger partial charge in [0.15, 0.2) is 0 Å². The fraction of sp³-hybridized carbons (Fsp3) is 0.476. The quantitative estimate of drug-likeness (QED) is 0.747. The largest absolute Gasteiger partial charge is 0.369 e. The van der Waals surface area contributed by atoms with Crippen LogP contribution in [0.25, 0.3) is 10.8 Å². The lowest BCUT2D eigenvalue weighted by atomic mass is 9.81. The van der Waals surface area contributed by atoms with Crippen molar-refractivity contribution in [3.05, 3.63) is 47.5 Å². The number of rotatable bonds is 8. The predicted molar refractivity (Wildman–Crippen MR) is 102 cm³/mol. The first-order chi connectivity index (χ1) is 11.4. The second-order valence-electron chi connectivity index (χ2n) is 7.24. The van der Waals surface area contributed by atoms with Crippen molar-refractivity contribution in [3.63, 3.8) is 0 Å². The van der Waals surface area contributed by atoms with Crippen LogP contribution >= 0.6 is 0 Å². The van der Waals surface area contributed by atoms with Gasteiger partial charge in [-0.25, -0.2) is 0 Å². The zero-order chi connectivity index (χ0) is 17.7. The van der Waals surface area contributed by atoms with Crippen molar-refractivity contribution in [2.75, 3.05) is 20.6 Å². The first-order valence-corrected chi connectivity index (χ1v) is 8.86. The second kappa shape index (κ2) is 8.29. The molecule has 2 aromatic carbocycles. The van der Waals surface area contributed by atoms with E-state index in [-0.39, 0.29) is 17.7 Å². The molecule has 3 heteroatoms. The minimum atomic E-state index is -0.236. The van der Waals surface area contributed by atoms with E-state index in [2.05, 4.69) is 57.1 Å². The number of primary amides is 1. The van der Waals surface area contributed by atoms with E-state index in [4.69, 9.17) is 5.73 Å². The molecule has 0 aliphatic carbocycles. The summed E-state index contributed by atoms with van der Waals surface area (Å²) in [4.78, 5) is 14.4. The number of benzene rings is 2. The van der Waals surface area contributed by atoms with E-state index in [1.54, 1.807) is 0 Å². The standard InChI is InChI=1S/C21H30N2O/c1-15(2)19(21(22)24)20-17(10-7-8-14-23(3)4)13-12-16-9-5-6-11-18(16)20/h5-6,9,11-13,15,19H,7-8,10,14H2,1-4H3,(H2,22,24). The number of amides is 1. The lowest BCUT2D eigenvalue weighted by Gasteiger charge is -2.23. The summed E-state index contributed by atoms with van der Waals surface area (Å²) in [6.07, 6.45) is 3.26. The molecule has 1 unspecified atom stereocenters. The topological polar surface area (TPSA) is 46.3 Å². The van der Waals surface area contributed by atoms with Crippen molar-refractivity contribution >= 4 is 16.7 Å². The minimum Gasteiger partial charge on any atom is -0.369 e. The van der Waals surface area contributed by atoms with Crippen LogP contribution in [0, 0.1) is 5.92 Å². The molecule has 0 saturated carbocycles. The molecule has 2 rings (SSSR count). The van der Waals surface area contributed by atoms with Gasteiger partial charge in [-0.05, 0) is 67.7 Å². The summed E-state index contributed by atoms with van der Waals surface area (Å²) in [6.45, 7) is 5.24. The SMILES string of the molecule is CC(C)C(C(N)=O)c1c(CCCCN(C)C)ccc2ccccc12. The zero-order valence-corrected chi connectivity index (χ0v) is 15.4. The van der Waals surface area contributed by atoms with E-state index in [1.165, 1.54) is 16.3 Å². The number of nitrogens with two attached hydrogens (primary N) is 1. The summed E-state index contributed by atoms with van der Waals surface area (Å²) in [6, 6.07) is 12.7. The zero-order valence-electron chi connectivity index (χ0n) is 15.4. The molecule has 2 N–H and O–H groups in total. The summed E-state index contributed by atoms with van der Waals surface area (Å²) < 4.78 is 0. The van der Waals surface area contributed by atoms with Gasteiger partial charge in [-0.15, -0.1) is 0 Å². The molecule has 0 bridgehead atoms. The Kier molecular flexibility index (Phi) is 6.38. The highest BCUT2D eigenvalue weighted by atomic mass is 16.1.